The Kier molecular flexibility index (Phi) is 7.19. The van der Waals surface area contributed by atoms with Crippen LogP contribution in [0.25, 0.3) is 5.82 Å². The second-order valence-electron chi connectivity index (χ2n) is 8.89. The Bertz CT molecular complexity index is 1580. The van der Waals surface area contributed by atoms with Crippen LogP contribution in [0.1, 0.15) is 44.1 Å². The lowest BCUT2D eigenvalue weighted by molar-refractivity contribution is -0.153. The number of fused-ring (bicyclic) bond motifs is 1. The number of oxazole rings is 1. The fourth-order valence-electron chi connectivity index (χ4n) is 4.21. The van der Waals surface area contributed by atoms with Crippen molar-refractivity contribution in [1.29, 1.82) is 5.26 Å². The first-order valence-electron chi connectivity index (χ1n) is 12.0. The third-order valence-corrected chi connectivity index (χ3v) is 6.03. The van der Waals surface area contributed by atoms with Crippen molar-refractivity contribution in [3.8, 4) is 17.6 Å². The molecule has 11 nitrogen and oxygen atoms in total. The molecule has 0 spiro atoms. The molecule has 0 saturated heterocycles. The molecule has 1 aliphatic heterocycles. The molecular weight excluding hydrogens is 531 g/mol. The monoisotopic (exact) mass is 551 g/mol. The standard InChI is InChI=1S/C26H20F3N7O4/c27-26(28,29)13-40-18-3-1-2-15(8-18)4-6-17-9-19-22(25(38)33-17)23(34-24(37)20-12-39-14-32-20)36(35-19)21-7-5-16(10-30)11-31-21/h1-3,5,7-8,11-12,14,17H,4,6,9,13H2,(H,33,38)(H,34,37). The number of carbonyl (C=O) groups is 2. The number of nitrogens with zero attached hydrogens (tertiary/aromatic N) is 5. The van der Waals surface area contributed by atoms with E-state index in [0.717, 1.165) is 18.2 Å². The van der Waals surface area contributed by atoms with Crippen molar-refractivity contribution < 1.29 is 31.9 Å². The highest BCUT2D eigenvalue weighted by molar-refractivity contribution is 6.08. The fraction of sp³-hybridized carbons (Fsp3) is 0.231. The average Bonchev–Trinajstić information content (AvgIpc) is 3.60. The molecule has 0 saturated carbocycles. The van der Waals surface area contributed by atoms with Gasteiger partial charge < -0.3 is 19.8 Å². The number of alkyl halides is 3. The summed E-state index contributed by atoms with van der Waals surface area (Å²) in [4.78, 5) is 34.0. The van der Waals surface area contributed by atoms with Gasteiger partial charge in [-0.2, -0.15) is 28.2 Å². The van der Waals surface area contributed by atoms with Gasteiger partial charge in [0, 0.05) is 18.7 Å². The van der Waals surface area contributed by atoms with Crippen LogP contribution in [-0.4, -0.2) is 50.4 Å². The summed E-state index contributed by atoms with van der Waals surface area (Å²) in [5.74, 6) is -0.654. The van der Waals surface area contributed by atoms with Crippen molar-refractivity contribution in [2.75, 3.05) is 11.9 Å². The van der Waals surface area contributed by atoms with Crippen molar-refractivity contribution >= 4 is 17.6 Å². The van der Waals surface area contributed by atoms with Gasteiger partial charge in [-0.15, -0.1) is 0 Å². The largest absolute Gasteiger partial charge is 0.484 e. The van der Waals surface area contributed by atoms with Gasteiger partial charge in [0.05, 0.1) is 11.3 Å². The number of anilines is 1. The third kappa shape index (κ3) is 5.93. The molecule has 40 heavy (non-hydrogen) atoms. The van der Waals surface area contributed by atoms with Gasteiger partial charge in [-0.1, -0.05) is 12.1 Å². The zero-order valence-corrected chi connectivity index (χ0v) is 20.6. The topological polar surface area (TPSA) is 148 Å². The minimum atomic E-state index is -4.44. The van der Waals surface area contributed by atoms with E-state index in [4.69, 9.17) is 14.4 Å². The van der Waals surface area contributed by atoms with Gasteiger partial charge in [0.1, 0.15) is 23.6 Å². The van der Waals surface area contributed by atoms with Crippen LogP contribution in [0.3, 0.4) is 0 Å². The highest BCUT2D eigenvalue weighted by Gasteiger charge is 2.33. The van der Waals surface area contributed by atoms with E-state index >= 15 is 0 Å². The Morgan fingerprint density at radius 2 is 2.12 bits per heavy atom. The second kappa shape index (κ2) is 10.9. The number of nitrogens with one attached hydrogen (secondary N) is 2. The van der Waals surface area contributed by atoms with E-state index in [2.05, 4.69) is 25.7 Å². The van der Waals surface area contributed by atoms with Gasteiger partial charge >= 0.3 is 6.18 Å². The predicted molar refractivity (Wildman–Crippen MR) is 132 cm³/mol. The first-order chi connectivity index (χ1) is 19.2. The van der Waals surface area contributed by atoms with E-state index in [1.807, 2.05) is 6.07 Å². The van der Waals surface area contributed by atoms with E-state index in [1.54, 1.807) is 12.1 Å². The minimum Gasteiger partial charge on any atom is -0.484 e. The maximum Gasteiger partial charge on any atom is 0.422 e. The number of halogens is 3. The molecule has 1 aliphatic rings. The molecule has 1 atom stereocenters. The summed E-state index contributed by atoms with van der Waals surface area (Å²) >= 11 is 0. The third-order valence-electron chi connectivity index (χ3n) is 6.03. The normalized spacial score (nSPS) is 14.7. The first-order valence-corrected chi connectivity index (χ1v) is 12.0. The molecule has 2 N–H and O–H groups in total. The first kappa shape index (κ1) is 26.4. The lowest BCUT2D eigenvalue weighted by Crippen LogP contribution is -2.41. The number of aromatic nitrogens is 4. The van der Waals surface area contributed by atoms with Crippen molar-refractivity contribution in [3.63, 3.8) is 0 Å². The summed E-state index contributed by atoms with van der Waals surface area (Å²) < 4.78 is 48.5. The van der Waals surface area contributed by atoms with Crippen LogP contribution in [0.15, 0.2) is 59.7 Å². The molecule has 5 rings (SSSR count). The van der Waals surface area contributed by atoms with Crippen LogP contribution < -0.4 is 15.4 Å². The van der Waals surface area contributed by atoms with Crippen LogP contribution in [0.4, 0.5) is 19.0 Å². The van der Waals surface area contributed by atoms with Crippen LogP contribution >= 0.6 is 0 Å². The molecular formula is C26H20F3N7O4. The van der Waals surface area contributed by atoms with E-state index in [9.17, 15) is 22.8 Å². The highest BCUT2D eigenvalue weighted by Crippen LogP contribution is 2.29. The lowest BCUT2D eigenvalue weighted by Gasteiger charge is -2.23. The van der Waals surface area contributed by atoms with Gasteiger partial charge in [-0.25, -0.2) is 9.97 Å². The Balaban J connectivity index is 1.37. The van der Waals surface area contributed by atoms with E-state index in [-0.39, 0.29) is 34.7 Å². The number of amides is 2. The molecule has 0 radical (unpaired) electrons. The number of rotatable bonds is 8. The molecule has 0 aliphatic carbocycles. The lowest BCUT2D eigenvalue weighted by atomic mass is 9.96. The molecule has 14 heteroatoms. The molecule has 2 amide bonds. The number of benzene rings is 1. The van der Waals surface area contributed by atoms with E-state index in [0.29, 0.717) is 30.5 Å². The molecule has 4 aromatic rings. The summed E-state index contributed by atoms with van der Waals surface area (Å²) in [7, 11) is 0. The van der Waals surface area contributed by atoms with Gasteiger partial charge in [0.2, 0.25) is 0 Å². The quantitative estimate of drug-likeness (QED) is 0.338. The Hall–Kier alpha value is -5.19. The number of hydrogen-bond donors (Lipinski definition) is 2. The molecule has 1 aromatic carbocycles. The Labute approximate surface area is 224 Å². The predicted octanol–water partition coefficient (Wildman–Crippen LogP) is 3.61. The number of pyridine rings is 1. The van der Waals surface area contributed by atoms with Gasteiger partial charge in [0.25, 0.3) is 11.8 Å². The summed E-state index contributed by atoms with van der Waals surface area (Å²) in [5.41, 5.74) is 1.62. The van der Waals surface area contributed by atoms with Gasteiger partial charge in [-0.05, 0) is 42.7 Å². The van der Waals surface area contributed by atoms with Crippen molar-refractivity contribution in [2.45, 2.75) is 31.5 Å². The molecule has 3 aromatic heterocycles. The Morgan fingerprint density at radius 1 is 1.27 bits per heavy atom. The Morgan fingerprint density at radius 3 is 2.83 bits per heavy atom. The number of carbonyl (C=O) groups excluding carboxylic acids is 2. The number of ether oxygens (including phenoxy) is 1. The summed E-state index contributed by atoms with van der Waals surface area (Å²) in [6.07, 6.45) is 0.398. The average molecular weight is 551 g/mol. The smallest absolute Gasteiger partial charge is 0.422 e. The van der Waals surface area contributed by atoms with Crippen LogP contribution in [0.5, 0.6) is 5.75 Å². The fourth-order valence-corrected chi connectivity index (χ4v) is 4.21. The second-order valence-corrected chi connectivity index (χ2v) is 8.89. The van der Waals surface area contributed by atoms with Crippen LogP contribution in [-0.2, 0) is 12.8 Å². The zero-order valence-electron chi connectivity index (χ0n) is 20.6. The molecule has 204 valence electrons. The zero-order chi connectivity index (χ0) is 28.3. The van der Waals surface area contributed by atoms with Crippen molar-refractivity contribution in [1.82, 2.24) is 25.1 Å². The number of nitriles is 1. The minimum absolute atomic E-state index is 0.00942. The van der Waals surface area contributed by atoms with Crippen LogP contribution in [0.2, 0.25) is 0 Å². The van der Waals surface area contributed by atoms with Gasteiger partial charge in [-0.3, -0.25) is 9.59 Å². The molecule has 0 fully saturated rings. The summed E-state index contributed by atoms with van der Waals surface area (Å²) in [6, 6.07) is 11.0. The van der Waals surface area contributed by atoms with E-state index in [1.165, 1.54) is 35.1 Å². The highest BCUT2D eigenvalue weighted by atomic mass is 19.4. The summed E-state index contributed by atoms with van der Waals surface area (Å²) in [5, 5.41) is 19.2. The maximum atomic E-state index is 13.2. The molecule has 1 unspecified atom stereocenters. The summed E-state index contributed by atoms with van der Waals surface area (Å²) in [6.45, 7) is -1.38. The molecule has 0 bridgehead atoms. The van der Waals surface area contributed by atoms with Gasteiger partial charge in [0.15, 0.2) is 30.3 Å². The van der Waals surface area contributed by atoms with Crippen LogP contribution in [0, 0.1) is 11.3 Å². The number of hydrogen-bond acceptors (Lipinski definition) is 8. The molecule has 4 heterocycles. The number of aryl methyl sites for hydroxylation is 1. The van der Waals surface area contributed by atoms with Crippen molar-refractivity contribution in [3.05, 3.63) is 83.3 Å². The van der Waals surface area contributed by atoms with Crippen molar-refractivity contribution in [2.24, 2.45) is 0 Å². The maximum absolute atomic E-state index is 13.2. The van der Waals surface area contributed by atoms with E-state index < -0.39 is 24.6 Å². The SMILES string of the molecule is N#Cc1ccc(-n2nc3c(c2NC(=O)c2cocn2)C(=O)NC(CCc2cccc(OCC(F)(F)F)c2)C3)nc1.